The van der Waals surface area contributed by atoms with Crippen molar-refractivity contribution < 1.29 is 9.47 Å². The van der Waals surface area contributed by atoms with Crippen molar-refractivity contribution in [3.8, 4) is 17.6 Å². The zero-order valence-electron chi connectivity index (χ0n) is 13.5. The first kappa shape index (κ1) is 17.5. The predicted molar refractivity (Wildman–Crippen MR) is 86.3 cm³/mol. The molecule has 1 aromatic carbocycles. The van der Waals surface area contributed by atoms with E-state index in [1.807, 2.05) is 6.07 Å². The second-order valence-electron chi connectivity index (χ2n) is 4.91. The second-order valence-corrected chi connectivity index (χ2v) is 4.91. The topological polar surface area (TPSA) is 47.7 Å². The molecule has 0 aliphatic carbocycles. The monoisotopic (exact) mass is 290 g/mol. The Hall–Kier alpha value is -1.54. The van der Waals surface area contributed by atoms with Gasteiger partial charge < -0.3 is 15.2 Å². The Kier molecular flexibility index (Phi) is 7.84. The van der Waals surface area contributed by atoms with Gasteiger partial charge in [0.25, 0.3) is 0 Å². The molecule has 1 aromatic rings. The molecule has 2 N–H and O–H groups in total. The van der Waals surface area contributed by atoms with Crippen LogP contribution in [0.3, 0.4) is 0 Å². The third kappa shape index (κ3) is 5.39. The second kappa shape index (κ2) is 9.41. The summed E-state index contributed by atoms with van der Waals surface area (Å²) in [4.78, 5) is 2.37. The summed E-state index contributed by atoms with van der Waals surface area (Å²) in [5, 5.41) is 0. The lowest BCUT2D eigenvalue weighted by Gasteiger charge is -2.27. The van der Waals surface area contributed by atoms with E-state index in [1.54, 1.807) is 14.2 Å². The van der Waals surface area contributed by atoms with Crippen molar-refractivity contribution in [1.82, 2.24) is 4.90 Å². The molecular weight excluding hydrogens is 264 g/mol. The summed E-state index contributed by atoms with van der Waals surface area (Å²) in [5.41, 5.74) is 7.54. The van der Waals surface area contributed by atoms with Crippen molar-refractivity contribution in [2.45, 2.75) is 26.4 Å². The van der Waals surface area contributed by atoms with Crippen LogP contribution in [0.4, 0.5) is 0 Å². The van der Waals surface area contributed by atoms with Gasteiger partial charge in [-0.05, 0) is 31.2 Å². The molecule has 0 bridgehead atoms. The molecule has 0 fully saturated rings. The number of methoxy groups -OCH3 is 2. The zero-order valence-corrected chi connectivity index (χ0v) is 13.5. The molecule has 0 aliphatic heterocycles. The number of nitrogens with two attached hydrogens (primary N) is 1. The molecule has 116 valence electrons. The van der Waals surface area contributed by atoms with Crippen LogP contribution in [0.1, 0.15) is 25.0 Å². The van der Waals surface area contributed by atoms with Crippen LogP contribution in [-0.2, 0) is 11.3 Å². The fourth-order valence-electron chi connectivity index (χ4n) is 2.26. The van der Waals surface area contributed by atoms with E-state index >= 15 is 0 Å². The lowest BCUT2D eigenvalue weighted by Crippen LogP contribution is -2.35. The lowest BCUT2D eigenvalue weighted by molar-refractivity contribution is 0.0982. The molecule has 21 heavy (non-hydrogen) atoms. The summed E-state index contributed by atoms with van der Waals surface area (Å²) >= 11 is 0. The molecule has 0 aromatic heterocycles. The smallest absolute Gasteiger partial charge is 0.134 e. The summed E-state index contributed by atoms with van der Waals surface area (Å²) < 4.78 is 10.6. The fourth-order valence-corrected chi connectivity index (χ4v) is 2.26. The molecule has 4 heteroatoms. The highest BCUT2D eigenvalue weighted by Crippen LogP contribution is 2.20. The average Bonchev–Trinajstić information content (AvgIpc) is 2.50. The first-order chi connectivity index (χ1) is 10.2. The van der Waals surface area contributed by atoms with Gasteiger partial charge in [-0.25, -0.2) is 0 Å². The zero-order chi connectivity index (χ0) is 15.7. The standard InChI is InChI=1S/C17H26N2O2/c1-5-19(14(2)13-20-3)12-15-8-9-17(21-4)16(11-15)7-6-10-18/h8-9,11,14H,5,10,12-13,18H2,1-4H3. The molecule has 0 saturated carbocycles. The number of hydrogen-bond donors (Lipinski definition) is 1. The fraction of sp³-hybridized carbons (Fsp3) is 0.529. The van der Waals surface area contributed by atoms with Gasteiger partial charge in [0.1, 0.15) is 5.75 Å². The van der Waals surface area contributed by atoms with Crippen molar-refractivity contribution in [2.75, 3.05) is 33.9 Å². The van der Waals surface area contributed by atoms with Gasteiger partial charge in [0.05, 0.1) is 25.8 Å². The van der Waals surface area contributed by atoms with E-state index in [1.165, 1.54) is 5.56 Å². The maximum atomic E-state index is 5.44. The van der Waals surface area contributed by atoms with Crippen LogP contribution in [0.15, 0.2) is 18.2 Å². The maximum absolute atomic E-state index is 5.44. The highest BCUT2D eigenvalue weighted by atomic mass is 16.5. The molecule has 0 heterocycles. The van der Waals surface area contributed by atoms with Gasteiger partial charge in [-0.1, -0.05) is 24.8 Å². The van der Waals surface area contributed by atoms with E-state index in [2.05, 4.69) is 42.7 Å². The van der Waals surface area contributed by atoms with E-state index in [9.17, 15) is 0 Å². The Labute approximate surface area is 128 Å². The summed E-state index contributed by atoms with van der Waals surface area (Å²) in [6.07, 6.45) is 0. The van der Waals surface area contributed by atoms with Crippen LogP contribution >= 0.6 is 0 Å². The number of benzene rings is 1. The van der Waals surface area contributed by atoms with Crippen LogP contribution < -0.4 is 10.5 Å². The van der Waals surface area contributed by atoms with Crippen molar-refractivity contribution in [3.63, 3.8) is 0 Å². The molecule has 0 aliphatic rings. The summed E-state index contributed by atoms with van der Waals surface area (Å²) in [5.74, 6) is 6.73. The van der Waals surface area contributed by atoms with Crippen LogP contribution in [0.2, 0.25) is 0 Å². The largest absolute Gasteiger partial charge is 0.495 e. The molecule has 1 rings (SSSR count). The first-order valence-electron chi connectivity index (χ1n) is 7.25. The number of ether oxygens (including phenoxy) is 2. The summed E-state index contributed by atoms with van der Waals surface area (Å²) in [6, 6.07) is 6.49. The molecule has 0 spiro atoms. The number of rotatable bonds is 7. The van der Waals surface area contributed by atoms with Gasteiger partial charge in [0.2, 0.25) is 0 Å². The minimum Gasteiger partial charge on any atom is -0.495 e. The van der Waals surface area contributed by atoms with E-state index in [-0.39, 0.29) is 0 Å². The Morgan fingerprint density at radius 2 is 2.10 bits per heavy atom. The van der Waals surface area contributed by atoms with Gasteiger partial charge in [0.15, 0.2) is 0 Å². The number of likely N-dealkylation sites (N-methyl/N-ethyl adjacent to an activating group) is 1. The van der Waals surface area contributed by atoms with Crippen molar-refractivity contribution >= 4 is 0 Å². The maximum Gasteiger partial charge on any atom is 0.134 e. The minimum atomic E-state index is 0.347. The van der Waals surface area contributed by atoms with Crippen LogP contribution in [0.25, 0.3) is 0 Å². The lowest BCUT2D eigenvalue weighted by atomic mass is 10.1. The Morgan fingerprint density at radius 3 is 2.67 bits per heavy atom. The highest BCUT2D eigenvalue weighted by Gasteiger charge is 2.13. The Morgan fingerprint density at radius 1 is 1.33 bits per heavy atom. The molecule has 0 amide bonds. The quantitative estimate of drug-likeness (QED) is 0.779. The average molecular weight is 290 g/mol. The molecular formula is C17H26N2O2. The minimum absolute atomic E-state index is 0.347. The van der Waals surface area contributed by atoms with E-state index < -0.39 is 0 Å². The van der Waals surface area contributed by atoms with Crippen molar-refractivity contribution in [2.24, 2.45) is 5.73 Å². The summed E-state index contributed by atoms with van der Waals surface area (Å²) in [7, 11) is 3.39. The third-order valence-electron chi connectivity index (χ3n) is 3.41. The van der Waals surface area contributed by atoms with Gasteiger partial charge in [-0.2, -0.15) is 0 Å². The van der Waals surface area contributed by atoms with Crippen LogP contribution in [-0.4, -0.2) is 44.9 Å². The van der Waals surface area contributed by atoms with E-state index in [4.69, 9.17) is 15.2 Å². The predicted octanol–water partition coefficient (Wildman–Crippen LogP) is 1.86. The molecule has 0 saturated heterocycles. The van der Waals surface area contributed by atoms with Gasteiger partial charge in [-0.15, -0.1) is 0 Å². The Balaban J connectivity index is 2.92. The van der Waals surface area contributed by atoms with Crippen LogP contribution in [0.5, 0.6) is 5.75 Å². The van der Waals surface area contributed by atoms with Crippen LogP contribution in [0, 0.1) is 11.8 Å². The molecule has 1 atom stereocenters. The first-order valence-corrected chi connectivity index (χ1v) is 7.25. The molecule has 0 radical (unpaired) electrons. The highest BCUT2D eigenvalue weighted by molar-refractivity contribution is 5.48. The van der Waals surface area contributed by atoms with Gasteiger partial charge in [-0.3, -0.25) is 4.90 Å². The molecule has 4 nitrogen and oxygen atoms in total. The number of nitrogens with zero attached hydrogens (tertiary/aromatic N) is 1. The van der Waals surface area contributed by atoms with Crippen molar-refractivity contribution in [3.05, 3.63) is 29.3 Å². The number of hydrogen-bond acceptors (Lipinski definition) is 4. The summed E-state index contributed by atoms with van der Waals surface area (Å²) in [6.45, 7) is 7.24. The van der Waals surface area contributed by atoms with E-state index in [0.29, 0.717) is 12.6 Å². The van der Waals surface area contributed by atoms with Gasteiger partial charge in [0, 0.05) is 19.7 Å². The Bertz CT molecular complexity index is 491. The normalized spacial score (nSPS) is 11.9. The SMILES string of the molecule is CCN(Cc1ccc(OC)c(C#CCN)c1)C(C)COC. The van der Waals surface area contributed by atoms with Crippen molar-refractivity contribution in [1.29, 1.82) is 0 Å². The molecule has 1 unspecified atom stereocenters. The van der Waals surface area contributed by atoms with E-state index in [0.717, 1.165) is 31.0 Å². The third-order valence-corrected chi connectivity index (χ3v) is 3.41. The van der Waals surface area contributed by atoms with Gasteiger partial charge >= 0.3 is 0 Å².